The van der Waals surface area contributed by atoms with E-state index in [9.17, 15) is 5.26 Å². The van der Waals surface area contributed by atoms with Gasteiger partial charge in [-0.2, -0.15) is 5.26 Å². The van der Waals surface area contributed by atoms with Crippen molar-refractivity contribution >= 4 is 22.3 Å². The van der Waals surface area contributed by atoms with Crippen LogP contribution in [0.4, 0.5) is 11.4 Å². The van der Waals surface area contributed by atoms with Gasteiger partial charge >= 0.3 is 0 Å². The Morgan fingerprint density at radius 3 is 2.89 bits per heavy atom. The summed E-state index contributed by atoms with van der Waals surface area (Å²) in [4.78, 5) is 12.1. The molecule has 7 heteroatoms. The summed E-state index contributed by atoms with van der Waals surface area (Å²) >= 11 is 0. The van der Waals surface area contributed by atoms with Crippen molar-refractivity contribution in [3.63, 3.8) is 0 Å². The molecule has 178 valence electrons. The number of nitrogens with one attached hydrogen (secondary N) is 1. The second-order valence-corrected chi connectivity index (χ2v) is 10.5. The van der Waals surface area contributed by atoms with Gasteiger partial charge in [0.15, 0.2) is 0 Å². The number of anilines is 2. The number of fused-ring (bicyclic) bond motifs is 5. The maximum atomic E-state index is 9.54. The summed E-state index contributed by atoms with van der Waals surface area (Å²) in [7, 11) is 0. The van der Waals surface area contributed by atoms with E-state index in [0.29, 0.717) is 36.3 Å². The summed E-state index contributed by atoms with van der Waals surface area (Å²) in [5.41, 5.74) is 5.14. The first kappa shape index (κ1) is 21.0. The largest absolute Gasteiger partial charge is 0.491 e. The smallest absolute Gasteiger partial charge is 0.125 e. The number of nitriles is 1. The third-order valence-corrected chi connectivity index (χ3v) is 8.38. The van der Waals surface area contributed by atoms with Crippen LogP contribution in [0.1, 0.15) is 24.5 Å². The van der Waals surface area contributed by atoms with Crippen molar-refractivity contribution in [3.8, 4) is 11.8 Å². The third kappa shape index (κ3) is 3.43. The SMILES string of the molecule is C[C@H]1CN(c2ccc(C#N)c3ncccc23)C[C@H]2COc3cc(N4C[C@@H]5C[C@H]4CN5)ccc3CN21. The molecule has 0 saturated carbocycles. The van der Waals surface area contributed by atoms with E-state index < -0.39 is 0 Å². The Hall–Kier alpha value is -3.34. The molecule has 4 aliphatic heterocycles. The summed E-state index contributed by atoms with van der Waals surface area (Å²) in [6.45, 7) is 7.92. The molecule has 0 unspecified atom stereocenters. The lowest BCUT2D eigenvalue weighted by Crippen LogP contribution is -2.58. The van der Waals surface area contributed by atoms with Crippen molar-refractivity contribution in [2.75, 3.05) is 42.6 Å². The Balaban J connectivity index is 1.15. The van der Waals surface area contributed by atoms with Crippen LogP contribution in [0.5, 0.6) is 5.75 Å². The van der Waals surface area contributed by atoms with Crippen molar-refractivity contribution in [2.24, 2.45) is 0 Å². The van der Waals surface area contributed by atoms with Gasteiger partial charge in [0.1, 0.15) is 18.4 Å². The number of aromatic nitrogens is 1. The van der Waals surface area contributed by atoms with Crippen molar-refractivity contribution in [1.29, 1.82) is 5.26 Å². The van der Waals surface area contributed by atoms with E-state index in [1.807, 2.05) is 12.1 Å². The van der Waals surface area contributed by atoms with E-state index in [1.54, 1.807) is 6.20 Å². The van der Waals surface area contributed by atoms with Crippen LogP contribution in [0.25, 0.3) is 10.9 Å². The molecule has 0 amide bonds. The Morgan fingerprint density at radius 1 is 1.11 bits per heavy atom. The van der Waals surface area contributed by atoms with Gasteiger partial charge in [-0.1, -0.05) is 6.07 Å². The molecule has 4 aliphatic rings. The first-order valence-electron chi connectivity index (χ1n) is 12.7. The zero-order valence-corrected chi connectivity index (χ0v) is 20.0. The highest BCUT2D eigenvalue weighted by Gasteiger charge is 2.39. The van der Waals surface area contributed by atoms with Crippen LogP contribution in [-0.4, -0.2) is 66.8 Å². The lowest BCUT2D eigenvalue weighted by molar-refractivity contribution is 0.0892. The summed E-state index contributed by atoms with van der Waals surface area (Å²) in [5.74, 6) is 1.04. The Bertz CT molecular complexity index is 1330. The molecule has 2 bridgehead atoms. The van der Waals surface area contributed by atoms with Gasteiger partial charge in [-0.05, 0) is 43.7 Å². The zero-order valence-electron chi connectivity index (χ0n) is 20.0. The Kier molecular flexibility index (Phi) is 4.86. The maximum absolute atomic E-state index is 9.54. The van der Waals surface area contributed by atoms with E-state index in [2.05, 4.69) is 68.3 Å². The second-order valence-electron chi connectivity index (χ2n) is 10.5. The fraction of sp³-hybridized carbons (Fsp3) is 0.429. The molecule has 2 aromatic carbocycles. The third-order valence-electron chi connectivity index (χ3n) is 8.38. The number of ether oxygens (including phenoxy) is 1. The lowest BCUT2D eigenvalue weighted by Gasteiger charge is -2.45. The van der Waals surface area contributed by atoms with E-state index in [4.69, 9.17) is 4.74 Å². The van der Waals surface area contributed by atoms with Crippen molar-refractivity contribution < 1.29 is 4.74 Å². The van der Waals surface area contributed by atoms with Crippen LogP contribution in [0.15, 0.2) is 48.7 Å². The highest BCUT2D eigenvalue weighted by molar-refractivity contribution is 5.95. The van der Waals surface area contributed by atoms with Crippen LogP contribution in [0.3, 0.4) is 0 Å². The summed E-state index contributed by atoms with van der Waals surface area (Å²) in [6, 6.07) is 19.1. The molecule has 1 aromatic heterocycles. The van der Waals surface area contributed by atoms with Gasteiger partial charge in [0.25, 0.3) is 0 Å². The van der Waals surface area contributed by atoms with Gasteiger partial charge in [0, 0.05) is 85.4 Å². The standard InChI is InChI=1S/C28H30N6O/c1-18-13-32(26-7-5-19(11-29)28-25(26)3-2-8-30-28)16-24-17-35-27-10-22(6-4-20(27)14-33(18)24)34-15-21-9-23(34)12-31-21/h2-8,10,18,21,23-24,31H,9,12-17H2,1H3/t18-,21-,23-,24-/m0/s1. The Morgan fingerprint density at radius 2 is 2.06 bits per heavy atom. The van der Waals surface area contributed by atoms with Crippen LogP contribution in [0, 0.1) is 11.3 Å². The topological polar surface area (TPSA) is 67.7 Å². The van der Waals surface area contributed by atoms with Gasteiger partial charge in [0.2, 0.25) is 0 Å². The van der Waals surface area contributed by atoms with Gasteiger partial charge in [-0.25, -0.2) is 0 Å². The molecule has 1 N–H and O–H groups in total. The van der Waals surface area contributed by atoms with E-state index in [-0.39, 0.29) is 0 Å². The highest BCUT2D eigenvalue weighted by Crippen LogP contribution is 2.37. The van der Waals surface area contributed by atoms with E-state index >= 15 is 0 Å². The predicted molar refractivity (Wildman–Crippen MR) is 137 cm³/mol. The molecule has 3 aromatic rings. The summed E-state index contributed by atoms with van der Waals surface area (Å²) in [5, 5.41) is 14.2. The molecule has 5 heterocycles. The van der Waals surface area contributed by atoms with Crippen molar-refractivity contribution in [3.05, 3.63) is 59.8 Å². The molecule has 0 radical (unpaired) electrons. The monoisotopic (exact) mass is 466 g/mol. The minimum absolute atomic E-state index is 0.295. The van der Waals surface area contributed by atoms with Crippen LogP contribution >= 0.6 is 0 Å². The quantitative estimate of drug-likeness (QED) is 0.622. The van der Waals surface area contributed by atoms with Crippen molar-refractivity contribution in [1.82, 2.24) is 15.2 Å². The fourth-order valence-electron chi connectivity index (χ4n) is 6.62. The predicted octanol–water partition coefficient (Wildman–Crippen LogP) is 3.13. The molecule has 0 spiro atoms. The number of piperazine rings is 2. The fourth-order valence-corrected chi connectivity index (χ4v) is 6.62. The average molecular weight is 467 g/mol. The lowest BCUT2D eigenvalue weighted by atomic mass is 10.0. The molecule has 35 heavy (non-hydrogen) atoms. The van der Waals surface area contributed by atoms with Crippen molar-refractivity contribution in [2.45, 2.75) is 44.1 Å². The van der Waals surface area contributed by atoms with E-state index in [0.717, 1.165) is 55.1 Å². The van der Waals surface area contributed by atoms with Crippen LogP contribution in [-0.2, 0) is 6.54 Å². The summed E-state index contributed by atoms with van der Waals surface area (Å²) in [6.07, 6.45) is 3.02. The first-order chi connectivity index (χ1) is 17.2. The highest BCUT2D eigenvalue weighted by atomic mass is 16.5. The molecule has 3 fully saturated rings. The molecule has 3 saturated heterocycles. The Labute approximate surface area is 205 Å². The average Bonchev–Trinajstić information content (AvgIpc) is 3.47. The second kappa shape index (κ2) is 8.11. The number of hydrogen-bond donors (Lipinski definition) is 1. The normalized spacial score (nSPS) is 27.8. The van der Waals surface area contributed by atoms with Crippen LogP contribution in [0.2, 0.25) is 0 Å². The van der Waals surface area contributed by atoms with Gasteiger partial charge in [0.05, 0.1) is 17.1 Å². The molecular weight excluding hydrogens is 436 g/mol. The first-order valence-corrected chi connectivity index (χ1v) is 12.7. The van der Waals surface area contributed by atoms with Gasteiger partial charge in [-0.3, -0.25) is 9.88 Å². The molecule has 7 rings (SSSR count). The summed E-state index contributed by atoms with van der Waals surface area (Å²) < 4.78 is 6.49. The number of hydrogen-bond acceptors (Lipinski definition) is 7. The molecular formula is C28H30N6O. The molecule has 4 atom stereocenters. The number of benzene rings is 2. The maximum Gasteiger partial charge on any atom is 0.125 e. The minimum Gasteiger partial charge on any atom is -0.491 e. The minimum atomic E-state index is 0.295. The number of pyridine rings is 1. The number of nitrogens with zero attached hydrogens (tertiary/aromatic N) is 5. The molecule has 0 aliphatic carbocycles. The van der Waals surface area contributed by atoms with Gasteiger partial charge in [-0.15, -0.1) is 0 Å². The van der Waals surface area contributed by atoms with Crippen LogP contribution < -0.4 is 19.9 Å². The molecule has 7 nitrogen and oxygen atoms in total. The number of rotatable bonds is 2. The van der Waals surface area contributed by atoms with E-state index in [1.165, 1.54) is 17.7 Å². The van der Waals surface area contributed by atoms with Gasteiger partial charge < -0.3 is 19.9 Å². The zero-order chi connectivity index (χ0) is 23.5.